The molecule has 0 saturated heterocycles. The first-order valence-corrected chi connectivity index (χ1v) is 5.43. The number of alkyl halides is 3. The summed E-state index contributed by atoms with van der Waals surface area (Å²) in [5.74, 6) is 5.01. The highest BCUT2D eigenvalue weighted by Crippen LogP contribution is 2.32. The topological polar surface area (TPSA) is 67.2 Å². The molecule has 0 aliphatic rings. The molecule has 4 N–H and O–H groups in total. The molecule has 1 aromatic rings. The fourth-order valence-corrected chi connectivity index (χ4v) is 1.39. The molecule has 0 radical (unpaired) electrons. The number of nitrogen functional groups attached to an aromatic ring is 1. The molecule has 0 bridgehead atoms. The molecule has 0 aromatic heterocycles. The van der Waals surface area contributed by atoms with E-state index in [9.17, 15) is 18.0 Å². The SMILES string of the molecule is CC(=O)NCC=Cc1ccc(C(F)(F)F)cc1NN. The molecule has 0 atom stereocenters. The van der Waals surface area contributed by atoms with Crippen LogP contribution in [0.25, 0.3) is 6.08 Å². The molecule has 0 fully saturated rings. The van der Waals surface area contributed by atoms with E-state index in [1.165, 1.54) is 13.0 Å². The van der Waals surface area contributed by atoms with E-state index in [1.54, 1.807) is 12.2 Å². The maximum absolute atomic E-state index is 12.5. The van der Waals surface area contributed by atoms with Gasteiger partial charge in [-0.3, -0.25) is 10.6 Å². The van der Waals surface area contributed by atoms with Crippen LogP contribution in [0, 0.1) is 0 Å². The van der Waals surface area contributed by atoms with Gasteiger partial charge >= 0.3 is 6.18 Å². The standard InChI is InChI=1S/C12H14F3N3O/c1-8(19)17-6-2-3-9-4-5-10(12(13,14)15)7-11(9)18-16/h2-5,7,18H,6,16H2,1H3,(H,17,19). The Bertz CT molecular complexity index is 484. The van der Waals surface area contributed by atoms with Gasteiger partial charge in [-0.05, 0) is 17.7 Å². The molecule has 1 amide bonds. The Morgan fingerprint density at radius 3 is 2.63 bits per heavy atom. The maximum atomic E-state index is 12.5. The number of carbonyl (C=O) groups is 1. The number of hydrogen-bond donors (Lipinski definition) is 3. The van der Waals surface area contributed by atoms with Crippen molar-refractivity contribution in [2.24, 2.45) is 5.84 Å². The van der Waals surface area contributed by atoms with Gasteiger partial charge in [0.25, 0.3) is 0 Å². The normalized spacial score (nSPS) is 11.6. The van der Waals surface area contributed by atoms with E-state index >= 15 is 0 Å². The van der Waals surface area contributed by atoms with Crippen LogP contribution < -0.4 is 16.6 Å². The summed E-state index contributed by atoms with van der Waals surface area (Å²) in [5.41, 5.74) is 2.10. The van der Waals surface area contributed by atoms with Crippen molar-refractivity contribution in [3.8, 4) is 0 Å². The minimum Gasteiger partial charge on any atom is -0.353 e. The third-order valence-electron chi connectivity index (χ3n) is 2.30. The smallest absolute Gasteiger partial charge is 0.353 e. The third-order valence-corrected chi connectivity index (χ3v) is 2.30. The highest BCUT2D eigenvalue weighted by atomic mass is 19.4. The number of halogens is 3. The molecule has 19 heavy (non-hydrogen) atoms. The van der Waals surface area contributed by atoms with Crippen molar-refractivity contribution in [3.63, 3.8) is 0 Å². The van der Waals surface area contributed by atoms with Gasteiger partial charge in [-0.25, -0.2) is 0 Å². The van der Waals surface area contributed by atoms with Gasteiger partial charge in [0.1, 0.15) is 0 Å². The molecule has 7 heteroatoms. The highest BCUT2D eigenvalue weighted by Gasteiger charge is 2.30. The van der Waals surface area contributed by atoms with Gasteiger partial charge in [-0.1, -0.05) is 18.2 Å². The fraction of sp³-hybridized carbons (Fsp3) is 0.250. The zero-order valence-electron chi connectivity index (χ0n) is 10.2. The number of benzene rings is 1. The number of hydrogen-bond acceptors (Lipinski definition) is 3. The number of nitrogens with two attached hydrogens (primary N) is 1. The Kier molecular flexibility index (Phi) is 4.94. The molecule has 0 spiro atoms. The molecule has 0 heterocycles. The molecule has 1 aromatic carbocycles. The van der Waals surface area contributed by atoms with E-state index in [0.717, 1.165) is 12.1 Å². The van der Waals surface area contributed by atoms with Crippen LogP contribution in [0.1, 0.15) is 18.1 Å². The van der Waals surface area contributed by atoms with Crippen LogP contribution >= 0.6 is 0 Å². The molecule has 0 aliphatic carbocycles. The largest absolute Gasteiger partial charge is 0.416 e. The molecular formula is C12H14F3N3O. The molecule has 4 nitrogen and oxygen atoms in total. The summed E-state index contributed by atoms with van der Waals surface area (Å²) < 4.78 is 37.5. The van der Waals surface area contributed by atoms with Crippen LogP contribution in [0.5, 0.6) is 0 Å². The van der Waals surface area contributed by atoms with Gasteiger partial charge in [0.05, 0.1) is 11.3 Å². The summed E-state index contributed by atoms with van der Waals surface area (Å²) in [6.07, 6.45) is -1.22. The number of hydrazine groups is 1. The summed E-state index contributed by atoms with van der Waals surface area (Å²) in [4.78, 5) is 10.6. The predicted octanol–water partition coefficient (Wildman–Crippen LogP) is 2.14. The molecule has 0 saturated carbocycles. The lowest BCUT2D eigenvalue weighted by Crippen LogP contribution is -2.19. The Morgan fingerprint density at radius 2 is 2.11 bits per heavy atom. The zero-order chi connectivity index (χ0) is 14.5. The average Bonchev–Trinajstić information content (AvgIpc) is 2.33. The Morgan fingerprint density at radius 1 is 1.42 bits per heavy atom. The van der Waals surface area contributed by atoms with Crippen LogP contribution in [-0.4, -0.2) is 12.5 Å². The van der Waals surface area contributed by atoms with Gasteiger partial charge in [0.2, 0.25) is 5.91 Å². The Labute approximate surface area is 108 Å². The van der Waals surface area contributed by atoms with E-state index in [-0.39, 0.29) is 11.6 Å². The van der Waals surface area contributed by atoms with Crippen molar-refractivity contribution < 1.29 is 18.0 Å². The quantitative estimate of drug-likeness (QED) is 0.581. The van der Waals surface area contributed by atoms with Crippen LogP contribution in [0.15, 0.2) is 24.3 Å². The number of amides is 1. The van der Waals surface area contributed by atoms with Gasteiger partial charge < -0.3 is 10.7 Å². The minimum atomic E-state index is -4.41. The van der Waals surface area contributed by atoms with Crippen molar-refractivity contribution in [3.05, 3.63) is 35.4 Å². The third kappa shape index (κ3) is 4.63. The highest BCUT2D eigenvalue weighted by molar-refractivity contribution is 5.73. The summed E-state index contributed by atoms with van der Waals surface area (Å²) in [5, 5.41) is 2.53. The number of nitrogens with one attached hydrogen (secondary N) is 2. The lowest BCUT2D eigenvalue weighted by atomic mass is 10.1. The van der Waals surface area contributed by atoms with Crippen molar-refractivity contribution in [1.29, 1.82) is 0 Å². The van der Waals surface area contributed by atoms with Crippen molar-refractivity contribution in [1.82, 2.24) is 5.32 Å². The first kappa shape index (κ1) is 15.0. The van der Waals surface area contributed by atoms with Gasteiger partial charge in [0.15, 0.2) is 0 Å². The van der Waals surface area contributed by atoms with Crippen molar-refractivity contribution in [2.45, 2.75) is 13.1 Å². The number of anilines is 1. The summed E-state index contributed by atoms with van der Waals surface area (Å²) in [6.45, 7) is 1.67. The lowest BCUT2D eigenvalue weighted by Gasteiger charge is -2.11. The fourth-order valence-electron chi connectivity index (χ4n) is 1.39. The Balaban J connectivity index is 2.87. The molecular weight excluding hydrogens is 259 g/mol. The number of carbonyl (C=O) groups excluding carboxylic acids is 1. The first-order valence-electron chi connectivity index (χ1n) is 5.43. The molecule has 0 aliphatic heterocycles. The second kappa shape index (κ2) is 6.24. The predicted molar refractivity (Wildman–Crippen MR) is 67.0 cm³/mol. The van der Waals surface area contributed by atoms with Crippen LogP contribution in [0.3, 0.4) is 0 Å². The summed E-state index contributed by atoms with van der Waals surface area (Å²) in [6, 6.07) is 3.21. The van der Waals surface area contributed by atoms with Gasteiger partial charge in [-0.15, -0.1) is 0 Å². The average molecular weight is 273 g/mol. The van der Waals surface area contributed by atoms with Crippen LogP contribution in [-0.2, 0) is 11.0 Å². The summed E-state index contributed by atoms with van der Waals surface area (Å²) >= 11 is 0. The monoisotopic (exact) mass is 273 g/mol. The number of rotatable bonds is 4. The van der Waals surface area contributed by atoms with E-state index < -0.39 is 11.7 Å². The van der Waals surface area contributed by atoms with Crippen LogP contribution in [0.2, 0.25) is 0 Å². The molecule has 0 unspecified atom stereocenters. The van der Waals surface area contributed by atoms with E-state index in [0.29, 0.717) is 12.1 Å². The van der Waals surface area contributed by atoms with Crippen LogP contribution in [0.4, 0.5) is 18.9 Å². The zero-order valence-corrected chi connectivity index (χ0v) is 10.2. The van der Waals surface area contributed by atoms with E-state index in [2.05, 4.69) is 10.7 Å². The van der Waals surface area contributed by atoms with E-state index in [4.69, 9.17) is 5.84 Å². The maximum Gasteiger partial charge on any atom is 0.416 e. The van der Waals surface area contributed by atoms with E-state index in [1.807, 2.05) is 0 Å². The Hall–Kier alpha value is -2.02. The summed E-state index contributed by atoms with van der Waals surface area (Å²) in [7, 11) is 0. The second-order valence-electron chi connectivity index (χ2n) is 3.78. The van der Waals surface area contributed by atoms with Gasteiger partial charge in [0, 0.05) is 13.5 Å². The molecule has 1 rings (SSSR count). The van der Waals surface area contributed by atoms with Gasteiger partial charge in [-0.2, -0.15) is 13.2 Å². The lowest BCUT2D eigenvalue weighted by molar-refractivity contribution is -0.137. The molecule has 104 valence electrons. The minimum absolute atomic E-state index is 0.161. The van der Waals surface area contributed by atoms with Crippen molar-refractivity contribution >= 4 is 17.7 Å². The van der Waals surface area contributed by atoms with Crippen molar-refractivity contribution in [2.75, 3.05) is 12.0 Å². The second-order valence-corrected chi connectivity index (χ2v) is 3.78. The first-order chi connectivity index (χ1) is 8.84.